The highest BCUT2D eigenvalue weighted by Crippen LogP contribution is 2.42. The molecule has 0 aliphatic carbocycles. The Hall–Kier alpha value is -0.970. The molecule has 2 heterocycles. The van der Waals surface area contributed by atoms with Gasteiger partial charge in [-0.3, -0.25) is 0 Å². The first-order valence-corrected chi connectivity index (χ1v) is 8.70. The number of piperazine rings is 1. The van der Waals surface area contributed by atoms with E-state index in [2.05, 4.69) is 23.2 Å². The lowest BCUT2D eigenvalue weighted by Gasteiger charge is -2.27. The number of nitrogens with zero attached hydrogens (tertiary/aromatic N) is 1. The molecule has 0 atom stereocenters. The fourth-order valence-corrected chi connectivity index (χ4v) is 3.49. The van der Waals surface area contributed by atoms with Crippen molar-refractivity contribution in [3.05, 3.63) is 22.2 Å². The Morgan fingerprint density at radius 2 is 1.91 bits per heavy atom. The van der Waals surface area contributed by atoms with Gasteiger partial charge in [0.15, 0.2) is 11.5 Å². The molecule has 1 saturated heterocycles. The molecule has 2 aliphatic heterocycles. The maximum atomic E-state index is 6.44. The normalized spacial score (nSPS) is 19.0. The Balaban J connectivity index is 1.80. The fraction of sp³-hybridized carbons (Fsp3) is 0.647. The van der Waals surface area contributed by atoms with Crippen LogP contribution < -0.4 is 14.8 Å². The molecule has 122 valence electrons. The highest BCUT2D eigenvalue weighted by molar-refractivity contribution is 6.32. The Morgan fingerprint density at radius 1 is 1.18 bits per heavy atom. The topological polar surface area (TPSA) is 33.7 Å². The van der Waals surface area contributed by atoms with Crippen LogP contribution in [0.4, 0.5) is 0 Å². The number of benzene rings is 1. The van der Waals surface area contributed by atoms with Crippen LogP contribution >= 0.6 is 11.6 Å². The van der Waals surface area contributed by atoms with E-state index in [1.165, 1.54) is 11.1 Å². The van der Waals surface area contributed by atoms with Gasteiger partial charge in [-0.1, -0.05) is 18.5 Å². The van der Waals surface area contributed by atoms with Gasteiger partial charge in [0, 0.05) is 44.7 Å². The van der Waals surface area contributed by atoms with Crippen LogP contribution in [0.15, 0.2) is 6.07 Å². The van der Waals surface area contributed by atoms with Crippen molar-refractivity contribution in [3.8, 4) is 11.5 Å². The average molecular weight is 325 g/mol. The summed E-state index contributed by atoms with van der Waals surface area (Å²) in [5, 5.41) is 4.08. The van der Waals surface area contributed by atoms with Crippen molar-refractivity contribution in [2.45, 2.75) is 26.2 Å². The zero-order valence-corrected chi connectivity index (χ0v) is 14.0. The monoisotopic (exact) mass is 324 g/mol. The predicted molar refractivity (Wildman–Crippen MR) is 89.5 cm³/mol. The maximum absolute atomic E-state index is 6.44. The molecule has 0 amide bonds. The quantitative estimate of drug-likeness (QED) is 0.922. The number of rotatable bonds is 4. The highest BCUT2D eigenvalue weighted by Gasteiger charge is 2.21. The number of hydrogen-bond donors (Lipinski definition) is 1. The number of halogens is 1. The molecule has 0 aromatic heterocycles. The number of ether oxygens (including phenoxy) is 2. The van der Waals surface area contributed by atoms with Gasteiger partial charge in [0.1, 0.15) is 0 Å². The summed E-state index contributed by atoms with van der Waals surface area (Å²) < 4.78 is 11.7. The van der Waals surface area contributed by atoms with E-state index in [1.54, 1.807) is 0 Å². The van der Waals surface area contributed by atoms with Crippen molar-refractivity contribution >= 4 is 11.6 Å². The smallest absolute Gasteiger partial charge is 0.180 e. The summed E-state index contributed by atoms with van der Waals surface area (Å²) >= 11 is 6.44. The molecule has 2 aliphatic rings. The summed E-state index contributed by atoms with van der Waals surface area (Å²) in [5.74, 6) is 1.62. The summed E-state index contributed by atoms with van der Waals surface area (Å²) in [6, 6.07) is 2.08. The fourth-order valence-electron chi connectivity index (χ4n) is 3.22. The van der Waals surface area contributed by atoms with Gasteiger partial charge >= 0.3 is 0 Å². The molecule has 1 N–H and O–H groups in total. The minimum absolute atomic E-state index is 0.677. The second-order valence-electron chi connectivity index (χ2n) is 5.90. The van der Waals surface area contributed by atoms with E-state index >= 15 is 0 Å². The van der Waals surface area contributed by atoms with Gasteiger partial charge in [-0.15, -0.1) is 0 Å². The van der Waals surface area contributed by atoms with E-state index in [0.29, 0.717) is 18.2 Å². The van der Waals surface area contributed by atoms with Crippen LogP contribution in [-0.4, -0.2) is 50.8 Å². The van der Waals surface area contributed by atoms with Crippen molar-refractivity contribution < 1.29 is 9.47 Å². The van der Waals surface area contributed by atoms with Crippen LogP contribution in [0.1, 0.15) is 24.5 Å². The Labute approximate surface area is 137 Å². The van der Waals surface area contributed by atoms with E-state index in [9.17, 15) is 0 Å². The molecule has 0 bridgehead atoms. The molecule has 1 aromatic rings. The van der Waals surface area contributed by atoms with Crippen LogP contribution in [0, 0.1) is 0 Å². The molecule has 1 aromatic carbocycles. The second kappa shape index (κ2) is 7.53. The molecular formula is C17H25ClN2O2. The lowest BCUT2D eigenvalue weighted by Crippen LogP contribution is -2.44. The van der Waals surface area contributed by atoms with Crippen LogP contribution in [-0.2, 0) is 12.8 Å². The minimum atomic E-state index is 0.677. The van der Waals surface area contributed by atoms with Gasteiger partial charge in [0.05, 0.1) is 18.2 Å². The molecule has 3 rings (SSSR count). The first-order chi connectivity index (χ1) is 10.8. The third kappa shape index (κ3) is 3.50. The molecule has 0 unspecified atom stereocenters. The van der Waals surface area contributed by atoms with Crippen molar-refractivity contribution in [1.82, 2.24) is 10.2 Å². The summed E-state index contributed by atoms with van der Waals surface area (Å²) in [6.07, 6.45) is 2.86. The van der Waals surface area contributed by atoms with E-state index in [0.717, 1.165) is 63.5 Å². The van der Waals surface area contributed by atoms with Crippen molar-refractivity contribution in [2.24, 2.45) is 0 Å². The van der Waals surface area contributed by atoms with Crippen LogP contribution in [0.3, 0.4) is 0 Å². The van der Waals surface area contributed by atoms with Crippen molar-refractivity contribution in [2.75, 3.05) is 45.9 Å². The molecule has 0 radical (unpaired) electrons. The van der Waals surface area contributed by atoms with Crippen LogP contribution in [0.2, 0.25) is 5.02 Å². The third-order valence-electron chi connectivity index (χ3n) is 4.43. The summed E-state index contributed by atoms with van der Waals surface area (Å²) in [5.41, 5.74) is 2.56. The maximum Gasteiger partial charge on any atom is 0.180 e. The number of hydrogen-bond acceptors (Lipinski definition) is 4. The Morgan fingerprint density at radius 3 is 2.64 bits per heavy atom. The summed E-state index contributed by atoms with van der Waals surface area (Å²) in [4.78, 5) is 2.51. The lowest BCUT2D eigenvalue weighted by atomic mass is 10.00. The van der Waals surface area contributed by atoms with Crippen LogP contribution in [0.25, 0.3) is 0 Å². The first-order valence-electron chi connectivity index (χ1n) is 8.32. The molecule has 0 spiro atoms. The number of nitrogens with one attached hydrogen (secondary N) is 1. The van der Waals surface area contributed by atoms with E-state index in [-0.39, 0.29) is 0 Å². The average Bonchev–Trinajstić information content (AvgIpc) is 2.80. The van der Waals surface area contributed by atoms with Gasteiger partial charge in [-0.25, -0.2) is 0 Å². The third-order valence-corrected chi connectivity index (χ3v) is 4.71. The van der Waals surface area contributed by atoms with Crippen molar-refractivity contribution in [1.29, 1.82) is 0 Å². The molecular weight excluding hydrogens is 300 g/mol. The van der Waals surface area contributed by atoms with Crippen molar-refractivity contribution in [3.63, 3.8) is 0 Å². The largest absolute Gasteiger partial charge is 0.489 e. The van der Waals surface area contributed by atoms with Gasteiger partial charge in [0.2, 0.25) is 0 Å². The van der Waals surface area contributed by atoms with E-state index < -0.39 is 0 Å². The molecule has 1 fully saturated rings. The standard InChI is InChI=1S/C17H25ClN2O2/c1-2-14-13(4-7-20-8-5-19-6-9-20)12-15(18)17-16(14)21-10-3-11-22-17/h12,19H,2-11H2,1H3. The van der Waals surface area contributed by atoms with Gasteiger partial charge < -0.3 is 19.7 Å². The SMILES string of the molecule is CCc1c(CCN2CCNCC2)cc(Cl)c2c1OCCCO2. The molecule has 22 heavy (non-hydrogen) atoms. The summed E-state index contributed by atoms with van der Waals surface area (Å²) in [7, 11) is 0. The summed E-state index contributed by atoms with van der Waals surface area (Å²) in [6.45, 7) is 9.05. The number of fused-ring (bicyclic) bond motifs is 1. The van der Waals surface area contributed by atoms with E-state index in [4.69, 9.17) is 21.1 Å². The second-order valence-corrected chi connectivity index (χ2v) is 6.31. The first kappa shape index (κ1) is 15.9. The zero-order valence-electron chi connectivity index (χ0n) is 13.3. The molecule has 5 heteroatoms. The predicted octanol–water partition coefficient (Wildman–Crippen LogP) is 2.51. The Kier molecular flexibility index (Phi) is 5.45. The van der Waals surface area contributed by atoms with Crippen LogP contribution in [0.5, 0.6) is 11.5 Å². The highest BCUT2D eigenvalue weighted by atomic mass is 35.5. The van der Waals surface area contributed by atoms with Gasteiger partial charge in [-0.05, 0) is 24.5 Å². The zero-order chi connectivity index (χ0) is 15.4. The molecule has 0 saturated carbocycles. The lowest BCUT2D eigenvalue weighted by molar-refractivity contribution is 0.243. The molecule has 4 nitrogen and oxygen atoms in total. The van der Waals surface area contributed by atoms with Gasteiger partial charge in [-0.2, -0.15) is 0 Å². The minimum Gasteiger partial charge on any atom is -0.489 e. The Bertz CT molecular complexity index is 516. The van der Waals surface area contributed by atoms with Gasteiger partial charge in [0.25, 0.3) is 0 Å². The van der Waals surface area contributed by atoms with E-state index in [1.807, 2.05) is 0 Å².